The molecule has 0 radical (unpaired) electrons. The van der Waals surface area contributed by atoms with Crippen molar-refractivity contribution in [1.29, 1.82) is 0 Å². The van der Waals surface area contributed by atoms with Crippen LogP contribution in [-0.4, -0.2) is 43.0 Å². The summed E-state index contributed by atoms with van der Waals surface area (Å²) in [5.41, 5.74) is 0.714. The molecule has 0 aromatic heterocycles. The van der Waals surface area contributed by atoms with E-state index in [2.05, 4.69) is 5.32 Å². The monoisotopic (exact) mass is 308 g/mol. The fourth-order valence-electron chi connectivity index (χ4n) is 2.84. The molecule has 2 rings (SSSR count). The van der Waals surface area contributed by atoms with Gasteiger partial charge in [0.05, 0.1) is 7.11 Å². The molecule has 1 heterocycles. The van der Waals surface area contributed by atoms with E-state index in [0.29, 0.717) is 18.7 Å². The fourth-order valence-corrected chi connectivity index (χ4v) is 2.84. The number of carbonyl (C=O) groups is 2. The summed E-state index contributed by atoms with van der Waals surface area (Å²) in [7, 11) is 1.35. The molecule has 1 aliphatic heterocycles. The molecule has 0 spiro atoms. The van der Waals surface area contributed by atoms with Crippen LogP contribution < -0.4 is 5.32 Å². The highest BCUT2D eigenvalue weighted by molar-refractivity contribution is 5.77. The molecule has 1 amide bonds. The summed E-state index contributed by atoms with van der Waals surface area (Å²) in [6.45, 7) is 2.84. The van der Waals surface area contributed by atoms with Crippen molar-refractivity contribution in [2.45, 2.75) is 31.8 Å². The van der Waals surface area contributed by atoms with Crippen LogP contribution in [0.4, 0.5) is 4.39 Å². The third-order valence-electron chi connectivity index (χ3n) is 3.91. The van der Waals surface area contributed by atoms with E-state index in [9.17, 15) is 14.0 Å². The lowest BCUT2D eigenvalue weighted by molar-refractivity contribution is -0.148. The highest BCUT2D eigenvalue weighted by atomic mass is 19.1. The summed E-state index contributed by atoms with van der Waals surface area (Å²) in [5, 5.41) is 2.90. The van der Waals surface area contributed by atoms with Gasteiger partial charge in [-0.15, -0.1) is 0 Å². The number of esters is 1. The van der Waals surface area contributed by atoms with E-state index >= 15 is 0 Å². The van der Waals surface area contributed by atoms with E-state index in [-0.39, 0.29) is 23.7 Å². The van der Waals surface area contributed by atoms with Crippen molar-refractivity contribution in [1.82, 2.24) is 10.2 Å². The third kappa shape index (κ3) is 4.04. The van der Waals surface area contributed by atoms with Crippen molar-refractivity contribution in [2.75, 3.05) is 20.2 Å². The lowest BCUT2D eigenvalue weighted by Gasteiger charge is -2.36. The topological polar surface area (TPSA) is 58.6 Å². The molecule has 5 nitrogen and oxygen atoms in total. The molecule has 0 unspecified atom stereocenters. The summed E-state index contributed by atoms with van der Waals surface area (Å²) in [5.74, 6) is -0.734. The lowest BCUT2D eigenvalue weighted by Crippen LogP contribution is -2.46. The standard InChI is InChI=1S/C16H21FN2O3/c1-11(20)18-14-7-9-19(10-8-14)15(16(21)22-2)12-3-5-13(17)6-4-12/h3-6,14-15H,7-10H2,1-2H3,(H,18,20)/t15-/m0/s1. The van der Waals surface area contributed by atoms with Gasteiger partial charge < -0.3 is 10.1 Å². The molecule has 120 valence electrons. The number of methoxy groups -OCH3 is 1. The lowest BCUT2D eigenvalue weighted by atomic mass is 9.99. The molecule has 0 aliphatic carbocycles. The number of hydrogen-bond acceptors (Lipinski definition) is 4. The van der Waals surface area contributed by atoms with Gasteiger partial charge in [0, 0.05) is 26.1 Å². The summed E-state index contributed by atoms with van der Waals surface area (Å²) in [6.07, 6.45) is 1.54. The molecular weight excluding hydrogens is 287 g/mol. The second-order valence-corrected chi connectivity index (χ2v) is 5.49. The number of piperidine rings is 1. The Balaban J connectivity index is 2.09. The maximum Gasteiger partial charge on any atom is 0.327 e. The highest BCUT2D eigenvalue weighted by Gasteiger charge is 2.32. The zero-order chi connectivity index (χ0) is 16.1. The van der Waals surface area contributed by atoms with Gasteiger partial charge in [0.25, 0.3) is 0 Å². The van der Waals surface area contributed by atoms with Crippen LogP contribution in [0.15, 0.2) is 24.3 Å². The van der Waals surface area contributed by atoms with E-state index < -0.39 is 6.04 Å². The Hall–Kier alpha value is -1.95. The zero-order valence-corrected chi connectivity index (χ0v) is 12.8. The molecule has 1 aromatic carbocycles. The molecule has 1 aromatic rings. The summed E-state index contributed by atoms with van der Waals surface area (Å²) in [6, 6.07) is 5.50. The molecule has 6 heteroatoms. The third-order valence-corrected chi connectivity index (χ3v) is 3.91. The largest absolute Gasteiger partial charge is 0.468 e. The number of amides is 1. The van der Waals surface area contributed by atoms with Gasteiger partial charge in [-0.2, -0.15) is 0 Å². The second kappa shape index (κ2) is 7.35. The average Bonchev–Trinajstić information content (AvgIpc) is 2.50. The first-order valence-corrected chi connectivity index (χ1v) is 7.35. The van der Waals surface area contributed by atoms with Crippen LogP contribution in [-0.2, 0) is 14.3 Å². The second-order valence-electron chi connectivity index (χ2n) is 5.49. The van der Waals surface area contributed by atoms with Gasteiger partial charge in [0.1, 0.15) is 11.9 Å². The van der Waals surface area contributed by atoms with Crippen LogP contribution in [0.3, 0.4) is 0 Å². The molecule has 0 saturated carbocycles. The Morgan fingerprint density at radius 3 is 2.36 bits per heavy atom. The van der Waals surface area contributed by atoms with Gasteiger partial charge in [-0.25, -0.2) is 9.18 Å². The number of rotatable bonds is 4. The smallest absolute Gasteiger partial charge is 0.327 e. The molecule has 0 bridgehead atoms. The van der Waals surface area contributed by atoms with Crippen molar-refractivity contribution >= 4 is 11.9 Å². The van der Waals surface area contributed by atoms with Crippen molar-refractivity contribution in [2.24, 2.45) is 0 Å². The van der Waals surface area contributed by atoms with E-state index in [1.807, 2.05) is 4.90 Å². The van der Waals surface area contributed by atoms with Crippen LogP contribution in [0.5, 0.6) is 0 Å². The van der Waals surface area contributed by atoms with Crippen molar-refractivity contribution in [3.8, 4) is 0 Å². The Morgan fingerprint density at radius 2 is 1.86 bits per heavy atom. The Bertz CT molecular complexity index is 525. The van der Waals surface area contributed by atoms with Crippen LogP contribution in [0.2, 0.25) is 0 Å². The Labute approximate surface area is 129 Å². The normalized spacial score (nSPS) is 17.8. The molecular formula is C16H21FN2O3. The predicted octanol–water partition coefficient (Wildman–Crippen LogP) is 1.64. The number of halogens is 1. The molecule has 1 saturated heterocycles. The molecule has 1 aliphatic rings. The maximum absolute atomic E-state index is 13.1. The number of nitrogens with one attached hydrogen (secondary N) is 1. The maximum atomic E-state index is 13.1. The molecule has 22 heavy (non-hydrogen) atoms. The van der Waals surface area contributed by atoms with Gasteiger partial charge in [0.15, 0.2) is 0 Å². The quantitative estimate of drug-likeness (QED) is 0.859. The molecule has 1 N–H and O–H groups in total. The van der Waals surface area contributed by atoms with Crippen molar-refractivity contribution in [3.05, 3.63) is 35.6 Å². The predicted molar refractivity (Wildman–Crippen MR) is 79.6 cm³/mol. The van der Waals surface area contributed by atoms with Gasteiger partial charge in [-0.1, -0.05) is 12.1 Å². The zero-order valence-electron chi connectivity index (χ0n) is 12.8. The summed E-state index contributed by atoms with van der Waals surface area (Å²) < 4.78 is 18.0. The highest BCUT2D eigenvalue weighted by Crippen LogP contribution is 2.26. The molecule has 1 fully saturated rings. The fraction of sp³-hybridized carbons (Fsp3) is 0.500. The van der Waals surface area contributed by atoms with Crippen molar-refractivity contribution in [3.63, 3.8) is 0 Å². The minimum absolute atomic E-state index is 0.0403. The first kappa shape index (κ1) is 16.4. The van der Waals surface area contributed by atoms with Crippen LogP contribution in [0, 0.1) is 5.82 Å². The number of carbonyl (C=O) groups excluding carboxylic acids is 2. The van der Waals surface area contributed by atoms with Gasteiger partial charge in [-0.05, 0) is 30.5 Å². The number of hydrogen-bond donors (Lipinski definition) is 1. The van der Waals surface area contributed by atoms with E-state index in [1.165, 1.54) is 26.2 Å². The summed E-state index contributed by atoms with van der Waals surface area (Å²) in [4.78, 5) is 25.2. The number of likely N-dealkylation sites (tertiary alicyclic amines) is 1. The van der Waals surface area contributed by atoms with Gasteiger partial charge in [-0.3, -0.25) is 9.69 Å². The Morgan fingerprint density at radius 1 is 1.27 bits per heavy atom. The number of ether oxygens (including phenoxy) is 1. The SMILES string of the molecule is COC(=O)[C@H](c1ccc(F)cc1)N1CCC(NC(C)=O)CC1. The minimum atomic E-state index is -0.538. The van der Waals surface area contributed by atoms with Crippen molar-refractivity contribution < 1.29 is 18.7 Å². The summed E-state index contributed by atoms with van der Waals surface area (Å²) >= 11 is 0. The van der Waals surface area contributed by atoms with Crippen LogP contribution >= 0.6 is 0 Å². The van der Waals surface area contributed by atoms with Gasteiger partial charge >= 0.3 is 5.97 Å². The number of benzene rings is 1. The first-order valence-electron chi connectivity index (χ1n) is 7.35. The minimum Gasteiger partial charge on any atom is -0.468 e. The van der Waals surface area contributed by atoms with Gasteiger partial charge in [0.2, 0.25) is 5.91 Å². The first-order chi connectivity index (χ1) is 10.5. The van der Waals surface area contributed by atoms with E-state index in [4.69, 9.17) is 4.74 Å². The Kier molecular flexibility index (Phi) is 5.49. The van der Waals surface area contributed by atoms with Crippen LogP contribution in [0.1, 0.15) is 31.4 Å². The average molecular weight is 308 g/mol. The van der Waals surface area contributed by atoms with Crippen LogP contribution in [0.25, 0.3) is 0 Å². The molecule has 1 atom stereocenters. The van der Waals surface area contributed by atoms with E-state index in [1.54, 1.807) is 12.1 Å². The van der Waals surface area contributed by atoms with E-state index in [0.717, 1.165) is 12.8 Å². The number of nitrogens with zero attached hydrogens (tertiary/aromatic N) is 1.